The van der Waals surface area contributed by atoms with Gasteiger partial charge in [-0.3, -0.25) is 14.3 Å². The van der Waals surface area contributed by atoms with Crippen molar-refractivity contribution in [3.63, 3.8) is 0 Å². The Morgan fingerprint density at radius 3 is 2.74 bits per heavy atom. The van der Waals surface area contributed by atoms with Crippen LogP contribution >= 0.6 is 0 Å². The quantitative estimate of drug-likeness (QED) is 0.522. The molecule has 2 amide bonds. The molecule has 4 rings (SSSR count). The number of aryl methyl sites for hydroxylation is 2. The second-order valence-electron chi connectivity index (χ2n) is 9.04. The van der Waals surface area contributed by atoms with Crippen LogP contribution in [-0.2, 0) is 11.3 Å². The average Bonchev–Trinajstić information content (AvgIpc) is 3.49. The number of hydrogen-bond donors (Lipinski definition) is 1. The van der Waals surface area contributed by atoms with E-state index in [9.17, 15) is 22.8 Å². The number of likely N-dealkylation sites (tertiary alicyclic amines) is 1. The van der Waals surface area contributed by atoms with Gasteiger partial charge in [0.05, 0.1) is 5.52 Å². The second-order valence-corrected chi connectivity index (χ2v) is 9.04. The summed E-state index contributed by atoms with van der Waals surface area (Å²) in [5.41, 5.74) is 1.12. The van der Waals surface area contributed by atoms with Crippen molar-refractivity contribution in [3.05, 3.63) is 53.2 Å². The third-order valence-electron chi connectivity index (χ3n) is 6.41. The zero-order valence-electron chi connectivity index (χ0n) is 19.5. The maximum absolute atomic E-state index is 15.6. The normalized spacial score (nSPS) is 16.6. The van der Waals surface area contributed by atoms with Gasteiger partial charge in [-0.15, -0.1) is 0 Å². The molecule has 3 heterocycles. The van der Waals surface area contributed by atoms with Crippen molar-refractivity contribution >= 4 is 22.7 Å². The topological polar surface area (TPSA) is 74.2 Å². The highest BCUT2D eigenvalue weighted by molar-refractivity contribution is 5.99. The highest BCUT2D eigenvalue weighted by Gasteiger charge is 2.33. The van der Waals surface area contributed by atoms with Gasteiger partial charge >= 0.3 is 6.18 Å². The van der Waals surface area contributed by atoms with E-state index in [0.717, 1.165) is 13.5 Å². The van der Waals surface area contributed by atoms with Crippen LogP contribution in [0.4, 0.5) is 17.6 Å². The van der Waals surface area contributed by atoms with Crippen LogP contribution in [0.3, 0.4) is 0 Å². The number of hydrogen-bond acceptors (Lipinski definition) is 3. The number of carbonyl (C=O) groups excluding carboxylic acids is 2. The number of benzene rings is 1. The average molecular weight is 494 g/mol. The highest BCUT2D eigenvalue weighted by atomic mass is 19.4. The van der Waals surface area contributed by atoms with Crippen molar-refractivity contribution in [1.82, 2.24) is 24.6 Å². The fourth-order valence-electron chi connectivity index (χ4n) is 4.67. The molecule has 0 spiro atoms. The van der Waals surface area contributed by atoms with Gasteiger partial charge < -0.3 is 14.8 Å². The van der Waals surface area contributed by atoms with Gasteiger partial charge in [0.25, 0.3) is 5.91 Å². The third-order valence-corrected chi connectivity index (χ3v) is 6.41. The SMILES string of the molecule is Cc1cc(C2CCCN(C(=O)CCn3cccn3)C2)c(F)c2[nH]c(C(=O)N(C)CC(F)(F)F)cc12. The van der Waals surface area contributed by atoms with Crippen molar-refractivity contribution in [3.8, 4) is 0 Å². The molecule has 1 unspecified atom stereocenters. The first-order chi connectivity index (χ1) is 16.5. The molecule has 0 radical (unpaired) electrons. The van der Waals surface area contributed by atoms with Crippen molar-refractivity contribution in [1.29, 1.82) is 0 Å². The van der Waals surface area contributed by atoms with E-state index in [1.165, 1.54) is 6.07 Å². The summed E-state index contributed by atoms with van der Waals surface area (Å²) in [6.07, 6.45) is 0.624. The van der Waals surface area contributed by atoms with Crippen LogP contribution in [0.15, 0.2) is 30.6 Å². The number of rotatable bonds is 6. The van der Waals surface area contributed by atoms with Crippen molar-refractivity contribution < 1.29 is 27.2 Å². The number of carbonyl (C=O) groups is 2. The Hall–Kier alpha value is -3.37. The van der Waals surface area contributed by atoms with E-state index >= 15 is 4.39 Å². The van der Waals surface area contributed by atoms with Gasteiger partial charge in [-0.1, -0.05) is 6.07 Å². The maximum Gasteiger partial charge on any atom is 0.406 e. The maximum atomic E-state index is 15.6. The summed E-state index contributed by atoms with van der Waals surface area (Å²) in [6, 6.07) is 4.89. The molecule has 1 aliphatic heterocycles. The van der Waals surface area contributed by atoms with Gasteiger partial charge in [0.2, 0.25) is 5.91 Å². The van der Waals surface area contributed by atoms with Crippen LogP contribution in [0.2, 0.25) is 0 Å². The number of amides is 2. The van der Waals surface area contributed by atoms with Crippen LogP contribution in [0.1, 0.15) is 46.8 Å². The predicted molar refractivity (Wildman–Crippen MR) is 121 cm³/mol. The summed E-state index contributed by atoms with van der Waals surface area (Å²) < 4.78 is 55.3. The predicted octanol–water partition coefficient (Wildman–Crippen LogP) is 4.24. The van der Waals surface area contributed by atoms with E-state index in [4.69, 9.17) is 0 Å². The van der Waals surface area contributed by atoms with Gasteiger partial charge in [-0.2, -0.15) is 18.3 Å². The van der Waals surface area contributed by atoms with Crippen LogP contribution in [0, 0.1) is 12.7 Å². The molecule has 1 atom stereocenters. The fraction of sp³-hybridized carbons (Fsp3) is 0.458. The van der Waals surface area contributed by atoms with Crippen LogP contribution < -0.4 is 0 Å². The molecule has 0 bridgehead atoms. The number of halogens is 4. The van der Waals surface area contributed by atoms with E-state index in [2.05, 4.69) is 10.1 Å². The monoisotopic (exact) mass is 493 g/mol. The molecule has 35 heavy (non-hydrogen) atoms. The Morgan fingerprint density at radius 2 is 2.06 bits per heavy atom. The molecule has 11 heteroatoms. The first kappa shape index (κ1) is 24.7. The Morgan fingerprint density at radius 1 is 1.29 bits per heavy atom. The van der Waals surface area contributed by atoms with E-state index in [-0.39, 0.29) is 23.0 Å². The summed E-state index contributed by atoms with van der Waals surface area (Å²) in [5.74, 6) is -1.66. The van der Waals surface area contributed by atoms with Crippen molar-refractivity contribution in [2.24, 2.45) is 0 Å². The third kappa shape index (κ3) is 5.49. The number of nitrogens with one attached hydrogen (secondary N) is 1. The lowest BCUT2D eigenvalue weighted by atomic mass is 9.88. The number of aromatic amines is 1. The Bertz CT molecular complexity index is 1220. The standard InChI is InChI=1S/C24H27F4N5O2/c1-15-11-18(16-5-3-8-32(13-16)20(34)6-10-33-9-4-7-29-33)21(25)22-17(15)12-19(30-22)23(35)31(2)14-24(26,27)28/h4,7,9,11-12,16,30H,3,5-6,8,10,13-14H2,1-2H3. The minimum Gasteiger partial charge on any atom is -0.348 e. The molecule has 7 nitrogen and oxygen atoms in total. The summed E-state index contributed by atoms with van der Waals surface area (Å²) in [4.78, 5) is 30.2. The molecule has 1 aromatic carbocycles. The van der Waals surface area contributed by atoms with Crippen molar-refractivity contribution in [2.45, 2.75) is 44.8 Å². The van der Waals surface area contributed by atoms with E-state index in [0.29, 0.717) is 53.9 Å². The fourth-order valence-corrected chi connectivity index (χ4v) is 4.67. The molecular formula is C24H27F4N5O2. The van der Waals surface area contributed by atoms with Gasteiger partial charge in [0.1, 0.15) is 12.2 Å². The van der Waals surface area contributed by atoms with Gasteiger partial charge in [-0.05, 0) is 43.0 Å². The Labute approximate surface area is 199 Å². The summed E-state index contributed by atoms with van der Waals surface area (Å²) in [5, 5.41) is 4.54. The number of fused-ring (bicyclic) bond motifs is 1. The highest BCUT2D eigenvalue weighted by Crippen LogP contribution is 2.34. The lowest BCUT2D eigenvalue weighted by Crippen LogP contribution is -2.39. The smallest absolute Gasteiger partial charge is 0.348 e. The second kappa shape index (κ2) is 9.71. The van der Waals surface area contributed by atoms with E-state index in [1.54, 1.807) is 41.0 Å². The van der Waals surface area contributed by atoms with Crippen LogP contribution in [-0.4, -0.2) is 69.2 Å². The molecule has 188 valence electrons. The molecule has 0 aliphatic carbocycles. The van der Waals surface area contributed by atoms with Crippen LogP contribution in [0.5, 0.6) is 0 Å². The first-order valence-electron chi connectivity index (χ1n) is 11.4. The van der Waals surface area contributed by atoms with E-state index in [1.807, 2.05) is 0 Å². The molecule has 1 aliphatic rings. The van der Waals surface area contributed by atoms with Crippen molar-refractivity contribution in [2.75, 3.05) is 26.7 Å². The largest absolute Gasteiger partial charge is 0.406 e. The number of alkyl halides is 3. The molecule has 3 aromatic rings. The molecule has 1 fully saturated rings. The zero-order chi connectivity index (χ0) is 25.3. The number of H-pyrrole nitrogens is 1. The number of aromatic nitrogens is 3. The summed E-state index contributed by atoms with van der Waals surface area (Å²) in [7, 11) is 1.05. The van der Waals surface area contributed by atoms with Gasteiger partial charge in [0, 0.05) is 56.8 Å². The van der Waals surface area contributed by atoms with Gasteiger partial charge in [-0.25, -0.2) is 4.39 Å². The Kier molecular flexibility index (Phi) is 6.86. The molecule has 0 saturated carbocycles. The molecule has 1 saturated heterocycles. The summed E-state index contributed by atoms with van der Waals surface area (Å²) in [6.45, 7) is 1.81. The molecule has 2 aromatic heterocycles. The Balaban J connectivity index is 1.53. The lowest BCUT2D eigenvalue weighted by Gasteiger charge is -2.33. The van der Waals surface area contributed by atoms with E-state index < -0.39 is 24.4 Å². The van der Waals surface area contributed by atoms with Gasteiger partial charge in [0.15, 0.2) is 5.82 Å². The number of piperidine rings is 1. The lowest BCUT2D eigenvalue weighted by molar-refractivity contribution is -0.138. The summed E-state index contributed by atoms with van der Waals surface area (Å²) >= 11 is 0. The van der Waals surface area contributed by atoms with Crippen LogP contribution in [0.25, 0.3) is 10.9 Å². The molecular weight excluding hydrogens is 466 g/mol. The number of nitrogens with zero attached hydrogens (tertiary/aromatic N) is 4. The first-order valence-corrected chi connectivity index (χ1v) is 11.4. The minimum atomic E-state index is -4.53. The minimum absolute atomic E-state index is 0.0242. The molecule has 1 N–H and O–H groups in total. The zero-order valence-corrected chi connectivity index (χ0v) is 19.5.